The van der Waals surface area contributed by atoms with Crippen LogP contribution in [-0.4, -0.2) is 42.0 Å². The van der Waals surface area contributed by atoms with E-state index in [1.165, 1.54) is 12.1 Å². The van der Waals surface area contributed by atoms with Crippen LogP contribution in [0.1, 0.15) is 21.6 Å². The van der Waals surface area contributed by atoms with Crippen molar-refractivity contribution in [1.82, 2.24) is 9.88 Å². The van der Waals surface area contributed by atoms with Crippen molar-refractivity contribution in [3.63, 3.8) is 0 Å². The summed E-state index contributed by atoms with van der Waals surface area (Å²) >= 11 is 0. The molecule has 2 heterocycles. The van der Waals surface area contributed by atoms with Gasteiger partial charge in [0.05, 0.1) is 5.56 Å². The minimum absolute atomic E-state index is 0.0695. The van der Waals surface area contributed by atoms with Crippen LogP contribution < -0.4 is 4.90 Å². The SMILES string of the molecule is Cc1cccc(-c2nc(C#N)c(N3CCN(C(=O)c4ccccc4F)CC3)o2)c1. The molecule has 0 N–H and O–H groups in total. The zero-order valence-electron chi connectivity index (χ0n) is 15.9. The lowest BCUT2D eigenvalue weighted by molar-refractivity contribution is 0.0740. The highest BCUT2D eigenvalue weighted by molar-refractivity contribution is 5.94. The van der Waals surface area contributed by atoms with Gasteiger partial charge in [0, 0.05) is 31.7 Å². The van der Waals surface area contributed by atoms with Gasteiger partial charge in [-0.25, -0.2) is 4.39 Å². The van der Waals surface area contributed by atoms with E-state index in [0.29, 0.717) is 38.0 Å². The van der Waals surface area contributed by atoms with Crippen LogP contribution in [0.25, 0.3) is 11.5 Å². The molecule has 0 atom stereocenters. The Balaban J connectivity index is 1.51. The highest BCUT2D eigenvalue weighted by Crippen LogP contribution is 2.29. The second kappa shape index (κ2) is 7.76. The lowest BCUT2D eigenvalue weighted by Crippen LogP contribution is -2.49. The van der Waals surface area contributed by atoms with E-state index in [9.17, 15) is 14.4 Å². The number of anilines is 1. The fraction of sp³-hybridized carbons (Fsp3) is 0.227. The molecule has 6 nitrogen and oxygen atoms in total. The van der Waals surface area contributed by atoms with Crippen molar-refractivity contribution in [1.29, 1.82) is 5.26 Å². The number of halogens is 1. The van der Waals surface area contributed by atoms with Crippen molar-refractivity contribution >= 4 is 11.8 Å². The lowest BCUT2D eigenvalue weighted by Gasteiger charge is -2.34. The molecule has 7 heteroatoms. The minimum atomic E-state index is -0.523. The van der Waals surface area contributed by atoms with E-state index < -0.39 is 5.82 Å². The predicted octanol–water partition coefficient (Wildman–Crippen LogP) is 3.62. The average molecular weight is 390 g/mol. The molecule has 0 unspecified atom stereocenters. The molecule has 1 aliphatic heterocycles. The Bertz CT molecular complexity index is 1090. The molecule has 0 radical (unpaired) electrons. The Hall–Kier alpha value is -3.66. The maximum Gasteiger partial charge on any atom is 0.256 e. The third-order valence-electron chi connectivity index (χ3n) is 4.94. The zero-order valence-corrected chi connectivity index (χ0v) is 15.9. The quantitative estimate of drug-likeness (QED) is 0.683. The molecule has 0 spiro atoms. The molecule has 2 aromatic carbocycles. The number of nitrogens with zero attached hydrogens (tertiary/aromatic N) is 4. The van der Waals surface area contributed by atoms with Crippen LogP contribution in [0.4, 0.5) is 10.3 Å². The molecule has 146 valence electrons. The van der Waals surface area contributed by atoms with E-state index in [4.69, 9.17) is 4.42 Å². The summed E-state index contributed by atoms with van der Waals surface area (Å²) in [6, 6.07) is 15.8. The van der Waals surface area contributed by atoms with Gasteiger partial charge in [-0.3, -0.25) is 4.79 Å². The number of carbonyl (C=O) groups is 1. The lowest BCUT2D eigenvalue weighted by atomic mass is 10.1. The van der Waals surface area contributed by atoms with E-state index in [1.807, 2.05) is 36.1 Å². The highest BCUT2D eigenvalue weighted by Gasteiger charge is 2.28. The average Bonchev–Trinajstić information content (AvgIpc) is 3.18. The number of rotatable bonds is 3. The third kappa shape index (κ3) is 3.69. The molecule has 1 aliphatic rings. The van der Waals surface area contributed by atoms with Crippen LogP contribution in [0.2, 0.25) is 0 Å². The standard InChI is InChI=1S/C22H19FN4O2/c1-15-5-4-6-16(13-15)20-25-19(14-24)22(29-20)27-11-9-26(10-12-27)21(28)17-7-2-3-8-18(17)23/h2-8,13H,9-12H2,1H3. The fourth-order valence-electron chi connectivity index (χ4n) is 3.42. The second-order valence-electron chi connectivity index (χ2n) is 6.91. The number of aryl methyl sites for hydroxylation is 1. The van der Waals surface area contributed by atoms with Gasteiger partial charge in [-0.2, -0.15) is 10.2 Å². The summed E-state index contributed by atoms with van der Waals surface area (Å²) in [7, 11) is 0. The van der Waals surface area contributed by atoms with Gasteiger partial charge in [-0.15, -0.1) is 0 Å². The molecule has 29 heavy (non-hydrogen) atoms. The summed E-state index contributed by atoms with van der Waals surface area (Å²) < 4.78 is 19.8. The van der Waals surface area contributed by atoms with Gasteiger partial charge >= 0.3 is 0 Å². The zero-order chi connectivity index (χ0) is 20.4. The van der Waals surface area contributed by atoms with Crippen molar-refractivity contribution in [3.8, 4) is 17.5 Å². The molecule has 1 saturated heterocycles. The van der Waals surface area contributed by atoms with Gasteiger partial charge in [-0.05, 0) is 31.2 Å². The van der Waals surface area contributed by atoms with Crippen LogP contribution in [-0.2, 0) is 0 Å². The van der Waals surface area contributed by atoms with Crippen LogP contribution >= 0.6 is 0 Å². The first-order chi connectivity index (χ1) is 14.1. The largest absolute Gasteiger partial charge is 0.419 e. The van der Waals surface area contributed by atoms with E-state index in [2.05, 4.69) is 11.1 Å². The minimum Gasteiger partial charge on any atom is -0.419 e. The first-order valence-electron chi connectivity index (χ1n) is 9.33. The van der Waals surface area contributed by atoms with E-state index in [-0.39, 0.29) is 17.2 Å². The summed E-state index contributed by atoms with van der Waals surface area (Å²) in [5, 5.41) is 9.48. The van der Waals surface area contributed by atoms with Crippen molar-refractivity contribution < 1.29 is 13.6 Å². The molecule has 0 bridgehead atoms. The smallest absolute Gasteiger partial charge is 0.256 e. The number of amides is 1. The summed E-state index contributed by atoms with van der Waals surface area (Å²) in [5.74, 6) is -0.0573. The van der Waals surface area contributed by atoms with Gasteiger partial charge in [0.2, 0.25) is 17.5 Å². The number of carbonyl (C=O) groups excluding carboxylic acids is 1. The van der Waals surface area contributed by atoms with Gasteiger partial charge in [0.1, 0.15) is 11.9 Å². The Morgan fingerprint density at radius 2 is 1.90 bits per heavy atom. The van der Waals surface area contributed by atoms with Crippen molar-refractivity contribution in [3.05, 3.63) is 71.2 Å². The first-order valence-corrected chi connectivity index (χ1v) is 9.33. The van der Waals surface area contributed by atoms with E-state index in [1.54, 1.807) is 17.0 Å². The molecule has 0 saturated carbocycles. The third-order valence-corrected chi connectivity index (χ3v) is 4.94. The molecule has 4 rings (SSSR count). The summed E-state index contributed by atoms with van der Waals surface area (Å²) in [6.07, 6.45) is 0. The number of aromatic nitrogens is 1. The Kier molecular flexibility index (Phi) is 5.00. The van der Waals surface area contributed by atoms with Gasteiger partial charge in [0.25, 0.3) is 5.91 Å². The van der Waals surface area contributed by atoms with Crippen LogP contribution in [0.3, 0.4) is 0 Å². The molecule has 0 aliphatic carbocycles. The van der Waals surface area contributed by atoms with Gasteiger partial charge < -0.3 is 14.2 Å². The monoisotopic (exact) mass is 390 g/mol. The highest BCUT2D eigenvalue weighted by atomic mass is 19.1. The first kappa shape index (κ1) is 18.7. The Morgan fingerprint density at radius 1 is 1.14 bits per heavy atom. The molecular formula is C22H19FN4O2. The fourth-order valence-corrected chi connectivity index (χ4v) is 3.42. The van der Waals surface area contributed by atoms with Crippen LogP contribution in [0, 0.1) is 24.1 Å². The molecule has 3 aromatic rings. The number of piperazine rings is 1. The van der Waals surface area contributed by atoms with Crippen LogP contribution in [0.15, 0.2) is 52.9 Å². The van der Waals surface area contributed by atoms with E-state index >= 15 is 0 Å². The Morgan fingerprint density at radius 3 is 2.59 bits per heavy atom. The normalized spacial score (nSPS) is 14.0. The summed E-state index contributed by atoms with van der Waals surface area (Å²) in [4.78, 5) is 20.4. The molecule has 1 amide bonds. The number of hydrogen-bond donors (Lipinski definition) is 0. The summed E-state index contributed by atoms with van der Waals surface area (Å²) in [6.45, 7) is 3.72. The van der Waals surface area contributed by atoms with Crippen molar-refractivity contribution in [2.45, 2.75) is 6.92 Å². The van der Waals surface area contributed by atoms with Gasteiger partial charge in [0.15, 0.2) is 0 Å². The summed E-state index contributed by atoms with van der Waals surface area (Å²) in [5.41, 5.74) is 2.16. The number of benzene rings is 2. The topological polar surface area (TPSA) is 73.4 Å². The van der Waals surface area contributed by atoms with E-state index in [0.717, 1.165) is 11.1 Å². The van der Waals surface area contributed by atoms with Crippen molar-refractivity contribution in [2.75, 3.05) is 31.1 Å². The molecule has 1 fully saturated rings. The molecular weight excluding hydrogens is 371 g/mol. The van der Waals surface area contributed by atoms with Gasteiger partial charge in [-0.1, -0.05) is 29.8 Å². The van der Waals surface area contributed by atoms with Crippen LogP contribution in [0.5, 0.6) is 0 Å². The molecule has 1 aromatic heterocycles. The predicted molar refractivity (Wildman–Crippen MR) is 106 cm³/mol. The maximum atomic E-state index is 13.9. The Labute approximate surface area is 167 Å². The number of hydrogen-bond acceptors (Lipinski definition) is 5. The second-order valence-corrected chi connectivity index (χ2v) is 6.91. The maximum absolute atomic E-state index is 13.9. The number of oxazole rings is 1. The van der Waals surface area contributed by atoms with Crippen molar-refractivity contribution in [2.24, 2.45) is 0 Å². The number of nitriles is 1.